The Balaban J connectivity index is 1.71. The van der Waals surface area contributed by atoms with Gasteiger partial charge in [0, 0.05) is 24.0 Å². The Hall–Kier alpha value is -4.44. The van der Waals surface area contributed by atoms with Crippen molar-refractivity contribution in [1.82, 2.24) is 14.7 Å². The van der Waals surface area contributed by atoms with Crippen molar-refractivity contribution in [3.63, 3.8) is 0 Å². The van der Waals surface area contributed by atoms with Crippen molar-refractivity contribution >= 4 is 5.91 Å². The number of rotatable bonds is 4. The van der Waals surface area contributed by atoms with Crippen LogP contribution in [0.15, 0.2) is 121 Å². The lowest BCUT2D eigenvalue weighted by Crippen LogP contribution is -2.43. The minimum absolute atomic E-state index is 0.00595. The van der Waals surface area contributed by atoms with E-state index >= 15 is 0 Å². The highest BCUT2D eigenvalue weighted by atomic mass is 16.2. The molecule has 1 aliphatic heterocycles. The van der Waals surface area contributed by atoms with Gasteiger partial charge in [-0.1, -0.05) is 116 Å². The third-order valence-corrected chi connectivity index (χ3v) is 7.38. The van der Waals surface area contributed by atoms with Gasteiger partial charge in [-0.15, -0.1) is 0 Å². The van der Waals surface area contributed by atoms with Crippen LogP contribution in [0.2, 0.25) is 0 Å². The van der Waals surface area contributed by atoms with Crippen molar-refractivity contribution in [2.45, 2.75) is 31.8 Å². The van der Waals surface area contributed by atoms with E-state index in [1.165, 1.54) is 0 Å². The molecule has 0 unspecified atom stereocenters. The fraction of sp³-hybridized carbons (Fsp3) is 0.152. The quantitative estimate of drug-likeness (QED) is 0.268. The summed E-state index contributed by atoms with van der Waals surface area (Å²) in [5, 5.41) is 5.26. The molecule has 5 aromatic rings. The molecule has 0 N–H and O–H groups in total. The molecule has 2 heterocycles. The summed E-state index contributed by atoms with van der Waals surface area (Å²) in [6.07, 6.45) is 0. The second-order valence-electron chi connectivity index (χ2n) is 9.64. The maximum atomic E-state index is 13.5. The number of para-hydroxylation sites is 1. The van der Waals surface area contributed by atoms with Gasteiger partial charge in [0.2, 0.25) is 5.91 Å². The number of hydrogen-bond acceptors (Lipinski definition) is 2. The molecule has 37 heavy (non-hydrogen) atoms. The largest absolute Gasteiger partial charge is 0.324 e. The molecule has 4 aromatic carbocycles. The summed E-state index contributed by atoms with van der Waals surface area (Å²) in [6, 6.07) is 41.0. The van der Waals surface area contributed by atoms with Gasteiger partial charge < -0.3 is 4.90 Å². The molecule has 0 bridgehead atoms. The zero-order valence-electron chi connectivity index (χ0n) is 21.0. The highest BCUT2D eigenvalue weighted by Crippen LogP contribution is 2.52. The first-order valence-electron chi connectivity index (χ1n) is 12.8. The molecule has 3 atom stereocenters. The number of fused-ring (bicyclic) bond motifs is 1. The van der Waals surface area contributed by atoms with E-state index in [9.17, 15) is 4.79 Å². The van der Waals surface area contributed by atoms with Crippen LogP contribution in [0.4, 0.5) is 0 Å². The van der Waals surface area contributed by atoms with Crippen LogP contribution >= 0.6 is 0 Å². The lowest BCUT2D eigenvalue weighted by molar-refractivity contribution is -0.134. The molecule has 0 radical (unpaired) electrons. The second kappa shape index (κ2) is 9.55. The molecule has 4 heteroatoms. The van der Waals surface area contributed by atoms with E-state index in [0.717, 1.165) is 39.3 Å². The molecule has 182 valence electrons. The van der Waals surface area contributed by atoms with Crippen LogP contribution in [-0.4, -0.2) is 20.6 Å². The Morgan fingerprint density at radius 2 is 1.22 bits per heavy atom. The van der Waals surface area contributed by atoms with E-state index < -0.39 is 0 Å². The van der Waals surface area contributed by atoms with Crippen LogP contribution in [0.25, 0.3) is 16.9 Å². The normalized spacial score (nSPS) is 18.9. The van der Waals surface area contributed by atoms with Gasteiger partial charge in [0.05, 0.1) is 29.2 Å². The molecule has 0 saturated carbocycles. The third kappa shape index (κ3) is 3.95. The Morgan fingerprint density at radius 3 is 1.78 bits per heavy atom. The van der Waals surface area contributed by atoms with E-state index in [2.05, 4.69) is 77.2 Å². The van der Waals surface area contributed by atoms with E-state index in [4.69, 9.17) is 5.10 Å². The zero-order valence-corrected chi connectivity index (χ0v) is 21.0. The Morgan fingerprint density at radius 1 is 0.703 bits per heavy atom. The van der Waals surface area contributed by atoms with Gasteiger partial charge in [-0.05, 0) is 23.3 Å². The first kappa shape index (κ1) is 23.0. The maximum Gasteiger partial charge on any atom is 0.220 e. The summed E-state index contributed by atoms with van der Waals surface area (Å²) >= 11 is 0. The topological polar surface area (TPSA) is 38.1 Å². The van der Waals surface area contributed by atoms with Gasteiger partial charge >= 0.3 is 0 Å². The number of aromatic nitrogens is 2. The molecule has 0 spiro atoms. The number of hydrogen-bond donors (Lipinski definition) is 0. The second-order valence-corrected chi connectivity index (χ2v) is 9.64. The molecule has 4 nitrogen and oxygen atoms in total. The van der Waals surface area contributed by atoms with Crippen molar-refractivity contribution in [1.29, 1.82) is 0 Å². The van der Waals surface area contributed by atoms with E-state index in [-0.39, 0.29) is 23.9 Å². The van der Waals surface area contributed by atoms with Gasteiger partial charge in [-0.25, -0.2) is 4.68 Å². The lowest BCUT2D eigenvalue weighted by Gasteiger charge is -2.46. The molecule has 0 aliphatic carbocycles. The predicted molar refractivity (Wildman–Crippen MR) is 147 cm³/mol. The minimum Gasteiger partial charge on any atom is -0.324 e. The SMILES string of the molecule is CC(=O)N1[C@@H](c2ccccc2)c2c(-c3ccccc3)nn(-c3ccccc3)c2[C@H](C)[C@H]1c1ccccc1. The lowest BCUT2D eigenvalue weighted by atomic mass is 9.78. The highest BCUT2D eigenvalue weighted by Gasteiger charge is 2.46. The Kier molecular flexibility index (Phi) is 5.93. The maximum absolute atomic E-state index is 13.5. The molecule has 6 rings (SSSR count). The van der Waals surface area contributed by atoms with E-state index in [1.54, 1.807) is 6.92 Å². The molecular weight excluding hydrogens is 454 g/mol. The summed E-state index contributed by atoms with van der Waals surface area (Å²) in [7, 11) is 0. The van der Waals surface area contributed by atoms with Crippen LogP contribution in [-0.2, 0) is 4.79 Å². The molecule has 1 amide bonds. The van der Waals surface area contributed by atoms with Crippen molar-refractivity contribution in [3.8, 4) is 16.9 Å². The van der Waals surface area contributed by atoms with Gasteiger partial charge in [-0.2, -0.15) is 5.10 Å². The van der Waals surface area contributed by atoms with Crippen LogP contribution < -0.4 is 0 Å². The number of carbonyl (C=O) groups is 1. The fourth-order valence-corrected chi connectivity index (χ4v) is 5.86. The first-order chi connectivity index (χ1) is 18.1. The third-order valence-electron chi connectivity index (χ3n) is 7.38. The Labute approximate surface area is 217 Å². The monoisotopic (exact) mass is 483 g/mol. The van der Waals surface area contributed by atoms with Crippen LogP contribution in [0, 0.1) is 0 Å². The molecule has 1 aromatic heterocycles. The average Bonchev–Trinajstić information content (AvgIpc) is 3.36. The van der Waals surface area contributed by atoms with Crippen molar-refractivity contribution < 1.29 is 4.79 Å². The molecule has 0 saturated heterocycles. The molecular formula is C33H29N3O. The molecule has 0 fully saturated rings. The van der Waals surface area contributed by atoms with Gasteiger partial charge in [0.25, 0.3) is 0 Å². The van der Waals surface area contributed by atoms with Gasteiger partial charge in [-0.3, -0.25) is 4.79 Å². The number of carbonyl (C=O) groups excluding carboxylic acids is 1. The van der Waals surface area contributed by atoms with Crippen molar-refractivity contribution in [2.75, 3.05) is 0 Å². The number of benzene rings is 4. The van der Waals surface area contributed by atoms with Gasteiger partial charge in [0.15, 0.2) is 0 Å². The smallest absolute Gasteiger partial charge is 0.220 e. The number of amides is 1. The van der Waals surface area contributed by atoms with E-state index in [0.29, 0.717) is 0 Å². The average molecular weight is 484 g/mol. The minimum atomic E-state index is -0.275. The number of nitrogens with zero attached hydrogens (tertiary/aromatic N) is 3. The summed E-state index contributed by atoms with van der Waals surface area (Å²) in [4.78, 5) is 15.6. The first-order valence-corrected chi connectivity index (χ1v) is 12.8. The highest BCUT2D eigenvalue weighted by molar-refractivity contribution is 5.78. The fourth-order valence-electron chi connectivity index (χ4n) is 5.86. The van der Waals surface area contributed by atoms with Crippen LogP contribution in [0.1, 0.15) is 54.2 Å². The van der Waals surface area contributed by atoms with Crippen molar-refractivity contribution in [2.24, 2.45) is 0 Å². The zero-order chi connectivity index (χ0) is 25.4. The van der Waals surface area contributed by atoms with E-state index in [1.807, 2.05) is 60.7 Å². The van der Waals surface area contributed by atoms with Crippen LogP contribution in [0.3, 0.4) is 0 Å². The van der Waals surface area contributed by atoms with Crippen molar-refractivity contribution in [3.05, 3.63) is 144 Å². The summed E-state index contributed by atoms with van der Waals surface area (Å²) in [5.74, 6) is 0.0538. The van der Waals surface area contributed by atoms with Crippen LogP contribution in [0.5, 0.6) is 0 Å². The van der Waals surface area contributed by atoms with Gasteiger partial charge in [0.1, 0.15) is 0 Å². The summed E-state index contributed by atoms with van der Waals surface area (Å²) < 4.78 is 2.10. The Bertz CT molecular complexity index is 1510. The predicted octanol–water partition coefficient (Wildman–Crippen LogP) is 7.34. The summed E-state index contributed by atoms with van der Waals surface area (Å²) in [5.41, 5.74) is 7.42. The standard InChI is InChI=1S/C33H29N3O/c1-23-31(26-17-9-4-10-18-26)35(24(2)37)33(27-19-11-5-12-20-27)29-30(25-15-7-3-8-16-25)34-36(32(23)29)28-21-13-6-14-22-28/h3-23,31,33H,1-2H3/t23-,31+,33+/m1/s1. The summed E-state index contributed by atoms with van der Waals surface area (Å²) in [6.45, 7) is 3.91. The molecule has 1 aliphatic rings.